The largest absolute Gasteiger partial charge is 0.462 e. The van der Waals surface area contributed by atoms with E-state index in [0.29, 0.717) is 22.0 Å². The van der Waals surface area contributed by atoms with Gasteiger partial charge in [-0.05, 0) is 55.9 Å². The summed E-state index contributed by atoms with van der Waals surface area (Å²) in [7, 11) is 3.75. The second-order valence-electron chi connectivity index (χ2n) is 7.85. The Morgan fingerprint density at radius 3 is 2.68 bits per heavy atom. The Bertz CT molecular complexity index is 982. The molecule has 1 amide bonds. The third-order valence-electron chi connectivity index (χ3n) is 5.18. The van der Waals surface area contributed by atoms with Crippen LogP contribution in [0, 0.1) is 5.92 Å². The minimum atomic E-state index is -0.580. The molecule has 0 saturated carbocycles. The molecule has 1 N–H and O–H groups in total. The SMILES string of the molecule is CCOC(=O)c1c(NC(=O)COC(=O)c2cccc(N(C)C)c2)sc2c1CCC(C)C2. The van der Waals surface area contributed by atoms with E-state index in [1.54, 1.807) is 25.1 Å². The molecule has 1 heterocycles. The number of ether oxygens (including phenoxy) is 2. The summed E-state index contributed by atoms with van der Waals surface area (Å²) in [4.78, 5) is 40.4. The predicted octanol–water partition coefficient (Wildman–Crippen LogP) is 3.91. The van der Waals surface area contributed by atoms with Gasteiger partial charge in [0, 0.05) is 24.7 Å². The minimum Gasteiger partial charge on any atom is -0.462 e. The van der Waals surface area contributed by atoms with Gasteiger partial charge in [-0.1, -0.05) is 13.0 Å². The summed E-state index contributed by atoms with van der Waals surface area (Å²) in [5.74, 6) is -0.968. The maximum absolute atomic E-state index is 12.5. The lowest BCUT2D eigenvalue weighted by molar-refractivity contribution is -0.119. The van der Waals surface area contributed by atoms with Gasteiger partial charge in [0.25, 0.3) is 5.91 Å². The summed E-state index contributed by atoms with van der Waals surface area (Å²) < 4.78 is 10.4. The summed E-state index contributed by atoms with van der Waals surface area (Å²) in [6.45, 7) is 3.75. The standard InChI is InChI=1S/C23H28N2O5S/c1-5-29-23(28)20-17-10-9-14(2)11-18(17)31-21(20)24-19(26)13-30-22(27)15-7-6-8-16(12-15)25(3)4/h6-8,12,14H,5,9-11,13H2,1-4H3,(H,24,26). The minimum absolute atomic E-state index is 0.261. The van der Waals surface area contributed by atoms with Crippen molar-refractivity contribution in [3.8, 4) is 0 Å². The Morgan fingerprint density at radius 2 is 1.97 bits per heavy atom. The molecule has 7 nitrogen and oxygen atoms in total. The molecule has 31 heavy (non-hydrogen) atoms. The first-order valence-corrected chi connectivity index (χ1v) is 11.2. The molecule has 3 rings (SSSR count). The van der Waals surface area contributed by atoms with E-state index in [2.05, 4.69) is 12.2 Å². The van der Waals surface area contributed by atoms with Crippen molar-refractivity contribution in [3.05, 3.63) is 45.8 Å². The van der Waals surface area contributed by atoms with Crippen LogP contribution in [0.2, 0.25) is 0 Å². The van der Waals surface area contributed by atoms with E-state index in [9.17, 15) is 14.4 Å². The van der Waals surface area contributed by atoms with Crippen molar-refractivity contribution >= 4 is 39.9 Å². The average molecular weight is 445 g/mol. The number of rotatable bonds is 7. The van der Waals surface area contributed by atoms with Crippen LogP contribution in [0.3, 0.4) is 0 Å². The Kier molecular flexibility index (Phi) is 7.33. The predicted molar refractivity (Wildman–Crippen MR) is 121 cm³/mol. The molecule has 1 atom stereocenters. The quantitative estimate of drug-likeness (QED) is 0.652. The van der Waals surface area contributed by atoms with Crippen molar-refractivity contribution in [2.75, 3.05) is 37.5 Å². The van der Waals surface area contributed by atoms with Gasteiger partial charge in [-0.15, -0.1) is 11.3 Å². The van der Waals surface area contributed by atoms with Crippen molar-refractivity contribution < 1.29 is 23.9 Å². The fraction of sp³-hybridized carbons (Fsp3) is 0.435. The Labute approximate surface area is 186 Å². The van der Waals surface area contributed by atoms with Crippen LogP contribution in [0.4, 0.5) is 10.7 Å². The van der Waals surface area contributed by atoms with Crippen molar-refractivity contribution in [3.63, 3.8) is 0 Å². The zero-order valence-electron chi connectivity index (χ0n) is 18.3. The molecule has 0 saturated heterocycles. The summed E-state index contributed by atoms with van der Waals surface area (Å²) in [6.07, 6.45) is 2.65. The third kappa shape index (κ3) is 5.44. The number of thiophene rings is 1. The molecular formula is C23H28N2O5S. The summed E-state index contributed by atoms with van der Waals surface area (Å²) in [6, 6.07) is 6.97. The van der Waals surface area contributed by atoms with Gasteiger partial charge in [-0.2, -0.15) is 0 Å². The van der Waals surface area contributed by atoms with Gasteiger partial charge in [0.1, 0.15) is 5.00 Å². The number of benzene rings is 1. The van der Waals surface area contributed by atoms with E-state index in [4.69, 9.17) is 9.47 Å². The number of hydrogen-bond acceptors (Lipinski definition) is 7. The number of carbonyl (C=O) groups is 3. The number of carbonyl (C=O) groups excluding carboxylic acids is 3. The monoisotopic (exact) mass is 444 g/mol. The van der Waals surface area contributed by atoms with Gasteiger partial charge in [-0.25, -0.2) is 9.59 Å². The fourth-order valence-corrected chi connectivity index (χ4v) is 4.96. The maximum atomic E-state index is 12.5. The lowest BCUT2D eigenvalue weighted by Gasteiger charge is -2.18. The van der Waals surface area contributed by atoms with Gasteiger partial charge in [0.2, 0.25) is 0 Å². The summed E-state index contributed by atoms with van der Waals surface area (Å²) in [5, 5.41) is 3.22. The van der Waals surface area contributed by atoms with Crippen LogP contribution in [-0.4, -0.2) is 45.2 Å². The molecule has 1 aromatic heterocycles. The molecule has 0 bridgehead atoms. The second kappa shape index (κ2) is 9.96. The van der Waals surface area contributed by atoms with E-state index < -0.39 is 24.5 Å². The molecule has 1 aromatic carbocycles. The van der Waals surface area contributed by atoms with E-state index >= 15 is 0 Å². The molecule has 0 spiro atoms. The van der Waals surface area contributed by atoms with Gasteiger partial charge in [0.05, 0.1) is 17.7 Å². The zero-order valence-corrected chi connectivity index (χ0v) is 19.1. The van der Waals surface area contributed by atoms with E-state index in [1.807, 2.05) is 25.1 Å². The lowest BCUT2D eigenvalue weighted by atomic mass is 9.88. The fourth-order valence-electron chi connectivity index (χ4n) is 3.55. The van der Waals surface area contributed by atoms with Crippen LogP contribution in [0.15, 0.2) is 24.3 Å². The Morgan fingerprint density at radius 1 is 1.19 bits per heavy atom. The first-order valence-electron chi connectivity index (χ1n) is 10.4. The molecule has 2 aromatic rings. The third-order valence-corrected chi connectivity index (χ3v) is 6.35. The number of esters is 2. The van der Waals surface area contributed by atoms with E-state index in [-0.39, 0.29) is 6.61 Å². The highest BCUT2D eigenvalue weighted by Crippen LogP contribution is 2.40. The average Bonchev–Trinajstić information content (AvgIpc) is 3.08. The highest BCUT2D eigenvalue weighted by atomic mass is 32.1. The molecule has 0 fully saturated rings. The molecule has 1 aliphatic rings. The lowest BCUT2D eigenvalue weighted by Crippen LogP contribution is -2.22. The van der Waals surface area contributed by atoms with Crippen LogP contribution in [-0.2, 0) is 27.1 Å². The van der Waals surface area contributed by atoms with Crippen molar-refractivity contribution in [1.29, 1.82) is 0 Å². The number of nitrogens with zero attached hydrogens (tertiary/aromatic N) is 1. The summed E-state index contributed by atoms with van der Waals surface area (Å²) >= 11 is 1.41. The number of fused-ring (bicyclic) bond motifs is 1. The van der Waals surface area contributed by atoms with E-state index in [1.165, 1.54) is 11.3 Å². The maximum Gasteiger partial charge on any atom is 0.341 e. The normalized spacial score (nSPS) is 15.0. The first-order chi connectivity index (χ1) is 14.8. The molecule has 8 heteroatoms. The Balaban J connectivity index is 1.69. The van der Waals surface area contributed by atoms with Crippen LogP contribution >= 0.6 is 11.3 Å². The van der Waals surface area contributed by atoms with Crippen molar-refractivity contribution in [2.24, 2.45) is 5.92 Å². The smallest absolute Gasteiger partial charge is 0.341 e. The van der Waals surface area contributed by atoms with Crippen molar-refractivity contribution in [1.82, 2.24) is 0 Å². The topological polar surface area (TPSA) is 84.9 Å². The molecule has 1 unspecified atom stereocenters. The second-order valence-corrected chi connectivity index (χ2v) is 8.95. The number of anilines is 2. The van der Waals surface area contributed by atoms with Gasteiger partial charge in [0.15, 0.2) is 6.61 Å². The first kappa shape index (κ1) is 22.8. The number of hydrogen-bond donors (Lipinski definition) is 1. The molecule has 166 valence electrons. The van der Waals surface area contributed by atoms with Gasteiger partial charge >= 0.3 is 11.9 Å². The molecule has 0 radical (unpaired) electrons. The van der Waals surface area contributed by atoms with Gasteiger partial charge in [-0.3, -0.25) is 4.79 Å². The van der Waals surface area contributed by atoms with Gasteiger partial charge < -0.3 is 19.7 Å². The zero-order chi connectivity index (χ0) is 22.5. The Hall–Kier alpha value is -2.87. The highest BCUT2D eigenvalue weighted by Gasteiger charge is 2.29. The molecular weight excluding hydrogens is 416 g/mol. The van der Waals surface area contributed by atoms with Crippen LogP contribution in [0.25, 0.3) is 0 Å². The summed E-state index contributed by atoms with van der Waals surface area (Å²) in [5.41, 5.74) is 2.63. The highest BCUT2D eigenvalue weighted by molar-refractivity contribution is 7.17. The van der Waals surface area contributed by atoms with Crippen LogP contribution in [0.1, 0.15) is 51.4 Å². The number of amides is 1. The van der Waals surface area contributed by atoms with Crippen molar-refractivity contribution in [2.45, 2.75) is 33.1 Å². The molecule has 1 aliphatic carbocycles. The van der Waals surface area contributed by atoms with E-state index in [0.717, 1.165) is 35.4 Å². The van der Waals surface area contributed by atoms with Crippen LogP contribution in [0.5, 0.6) is 0 Å². The number of nitrogens with one attached hydrogen (secondary N) is 1. The molecule has 0 aliphatic heterocycles. The van der Waals surface area contributed by atoms with Crippen LogP contribution < -0.4 is 10.2 Å².